The number of carbonyl (C=O) groups excluding carboxylic acids is 1. The van der Waals surface area contributed by atoms with Crippen molar-refractivity contribution in [2.45, 2.75) is 29.2 Å². The van der Waals surface area contributed by atoms with Gasteiger partial charge >= 0.3 is 6.18 Å². The number of hydrogen-bond donors (Lipinski definition) is 0. The molecule has 1 aromatic rings. The SMILES string of the molecule is O=CCC1Cc2c(C(F)(F)F)cccc2S1(=O)=O. The van der Waals surface area contributed by atoms with E-state index in [0.29, 0.717) is 6.29 Å². The lowest BCUT2D eigenvalue weighted by atomic mass is 10.0. The van der Waals surface area contributed by atoms with E-state index in [2.05, 4.69) is 0 Å². The molecular formula is C11H9F3O3S. The van der Waals surface area contributed by atoms with Crippen molar-refractivity contribution < 1.29 is 26.4 Å². The van der Waals surface area contributed by atoms with Gasteiger partial charge in [0, 0.05) is 6.42 Å². The van der Waals surface area contributed by atoms with Crippen molar-refractivity contribution >= 4 is 16.1 Å². The fourth-order valence-electron chi connectivity index (χ4n) is 2.14. The van der Waals surface area contributed by atoms with E-state index in [1.165, 1.54) is 0 Å². The predicted molar refractivity (Wildman–Crippen MR) is 56.8 cm³/mol. The Balaban J connectivity index is 2.61. The zero-order valence-electron chi connectivity index (χ0n) is 9.07. The fraction of sp³-hybridized carbons (Fsp3) is 0.364. The van der Waals surface area contributed by atoms with Crippen LogP contribution in [0.4, 0.5) is 13.2 Å². The van der Waals surface area contributed by atoms with Gasteiger partial charge < -0.3 is 4.79 Å². The highest BCUT2D eigenvalue weighted by Gasteiger charge is 2.43. The van der Waals surface area contributed by atoms with Crippen molar-refractivity contribution in [3.8, 4) is 0 Å². The number of hydrogen-bond acceptors (Lipinski definition) is 3. The van der Waals surface area contributed by atoms with Crippen LogP contribution in [0.5, 0.6) is 0 Å². The summed E-state index contributed by atoms with van der Waals surface area (Å²) in [6.07, 6.45) is -4.71. The molecule has 0 fully saturated rings. The number of fused-ring (bicyclic) bond motifs is 1. The predicted octanol–water partition coefficient (Wildman–Crippen LogP) is 1.99. The summed E-state index contributed by atoms with van der Waals surface area (Å²) in [6, 6.07) is 3.09. The molecular weight excluding hydrogens is 269 g/mol. The lowest BCUT2D eigenvalue weighted by Gasteiger charge is -2.10. The zero-order chi connectivity index (χ0) is 13.6. The number of halogens is 3. The van der Waals surface area contributed by atoms with Crippen LogP contribution in [0.25, 0.3) is 0 Å². The van der Waals surface area contributed by atoms with Crippen molar-refractivity contribution in [2.24, 2.45) is 0 Å². The molecule has 0 spiro atoms. The molecule has 18 heavy (non-hydrogen) atoms. The van der Waals surface area contributed by atoms with Crippen molar-refractivity contribution in [1.82, 2.24) is 0 Å². The van der Waals surface area contributed by atoms with E-state index in [-0.39, 0.29) is 23.3 Å². The molecule has 1 aliphatic rings. The van der Waals surface area contributed by atoms with E-state index in [9.17, 15) is 26.4 Å². The van der Waals surface area contributed by atoms with Crippen LogP contribution in [0.3, 0.4) is 0 Å². The van der Waals surface area contributed by atoms with Crippen LogP contribution >= 0.6 is 0 Å². The van der Waals surface area contributed by atoms with Gasteiger partial charge in [-0.15, -0.1) is 0 Å². The number of alkyl halides is 3. The standard InChI is InChI=1S/C11H9F3O3S/c12-11(13,14)9-2-1-3-10-8(9)6-7(4-5-15)18(10,16)17/h1-3,5,7H,4,6H2. The number of rotatable bonds is 2. The van der Waals surface area contributed by atoms with E-state index in [1.807, 2.05) is 0 Å². The van der Waals surface area contributed by atoms with Gasteiger partial charge in [-0.1, -0.05) is 6.07 Å². The molecule has 0 amide bonds. The lowest BCUT2D eigenvalue weighted by Crippen LogP contribution is -2.17. The topological polar surface area (TPSA) is 51.2 Å². The number of benzene rings is 1. The molecule has 0 aliphatic carbocycles. The van der Waals surface area contributed by atoms with E-state index in [0.717, 1.165) is 18.2 Å². The molecule has 3 nitrogen and oxygen atoms in total. The highest BCUT2D eigenvalue weighted by Crippen LogP contribution is 2.40. The van der Waals surface area contributed by atoms with Gasteiger partial charge in [0.2, 0.25) is 0 Å². The summed E-state index contributed by atoms with van der Waals surface area (Å²) >= 11 is 0. The second-order valence-corrected chi connectivity index (χ2v) is 6.25. The lowest BCUT2D eigenvalue weighted by molar-refractivity contribution is -0.138. The van der Waals surface area contributed by atoms with Gasteiger partial charge in [0.1, 0.15) is 6.29 Å². The van der Waals surface area contributed by atoms with Crippen LogP contribution in [0.2, 0.25) is 0 Å². The van der Waals surface area contributed by atoms with E-state index in [4.69, 9.17) is 0 Å². The molecule has 0 saturated carbocycles. The third kappa shape index (κ3) is 1.92. The average molecular weight is 278 g/mol. The molecule has 1 atom stereocenters. The summed E-state index contributed by atoms with van der Waals surface area (Å²) in [5, 5.41) is -1.08. The van der Waals surface area contributed by atoms with Crippen LogP contribution in [-0.4, -0.2) is 20.0 Å². The molecule has 1 unspecified atom stereocenters. The molecule has 98 valence electrons. The summed E-state index contributed by atoms with van der Waals surface area (Å²) in [5.74, 6) is 0. The van der Waals surface area contributed by atoms with Crippen LogP contribution < -0.4 is 0 Å². The van der Waals surface area contributed by atoms with Crippen molar-refractivity contribution in [1.29, 1.82) is 0 Å². The van der Waals surface area contributed by atoms with E-state index in [1.54, 1.807) is 0 Å². The Bertz CT molecular complexity index is 590. The summed E-state index contributed by atoms with van der Waals surface area (Å²) in [4.78, 5) is 10.1. The molecule has 0 radical (unpaired) electrons. The highest BCUT2D eigenvalue weighted by molar-refractivity contribution is 7.92. The van der Waals surface area contributed by atoms with Gasteiger partial charge in [-0.05, 0) is 24.1 Å². The van der Waals surface area contributed by atoms with Crippen LogP contribution in [0, 0.1) is 0 Å². The summed E-state index contributed by atoms with van der Waals surface area (Å²) in [5.41, 5.74) is -1.16. The van der Waals surface area contributed by atoms with Crippen molar-refractivity contribution in [3.05, 3.63) is 29.3 Å². The molecule has 1 aliphatic heterocycles. The molecule has 0 N–H and O–H groups in total. The Kier molecular flexibility index (Phi) is 2.96. The minimum atomic E-state index is -4.59. The number of carbonyl (C=O) groups is 1. The first-order valence-corrected chi connectivity index (χ1v) is 6.69. The van der Waals surface area contributed by atoms with Gasteiger partial charge in [0.15, 0.2) is 9.84 Å². The summed E-state index contributed by atoms with van der Waals surface area (Å²) in [6.45, 7) is 0. The zero-order valence-corrected chi connectivity index (χ0v) is 9.88. The Morgan fingerprint density at radius 3 is 2.56 bits per heavy atom. The summed E-state index contributed by atoms with van der Waals surface area (Å²) in [7, 11) is -3.82. The van der Waals surface area contributed by atoms with Crippen LogP contribution in [0.1, 0.15) is 17.5 Å². The Hall–Kier alpha value is -1.37. The molecule has 1 heterocycles. The van der Waals surface area contributed by atoms with E-state index < -0.39 is 26.8 Å². The molecule has 7 heteroatoms. The minimum absolute atomic E-state index is 0.225. The second-order valence-electron chi connectivity index (χ2n) is 4.05. The normalized spacial score (nSPS) is 21.6. The third-order valence-electron chi connectivity index (χ3n) is 2.97. The minimum Gasteiger partial charge on any atom is -0.303 e. The van der Waals surface area contributed by atoms with E-state index >= 15 is 0 Å². The first kappa shape index (κ1) is 13.1. The van der Waals surface area contributed by atoms with Crippen molar-refractivity contribution in [3.63, 3.8) is 0 Å². The monoisotopic (exact) mass is 278 g/mol. The first-order chi connectivity index (χ1) is 8.28. The average Bonchev–Trinajstić information content (AvgIpc) is 2.50. The molecule has 1 aromatic carbocycles. The van der Waals surface area contributed by atoms with Crippen molar-refractivity contribution in [2.75, 3.05) is 0 Å². The Morgan fingerprint density at radius 1 is 1.33 bits per heavy atom. The second kappa shape index (κ2) is 4.08. The van der Waals surface area contributed by atoms with Gasteiger partial charge in [-0.2, -0.15) is 13.2 Å². The van der Waals surface area contributed by atoms with Gasteiger partial charge in [0.25, 0.3) is 0 Å². The van der Waals surface area contributed by atoms with Crippen LogP contribution in [-0.2, 0) is 27.2 Å². The fourth-order valence-corrected chi connectivity index (χ4v) is 4.02. The maximum Gasteiger partial charge on any atom is 0.416 e. The maximum absolute atomic E-state index is 12.7. The highest BCUT2D eigenvalue weighted by atomic mass is 32.2. The largest absolute Gasteiger partial charge is 0.416 e. The van der Waals surface area contributed by atoms with Gasteiger partial charge in [-0.25, -0.2) is 8.42 Å². The number of aldehydes is 1. The third-order valence-corrected chi connectivity index (χ3v) is 5.21. The van der Waals surface area contributed by atoms with Gasteiger partial charge in [-0.3, -0.25) is 0 Å². The number of sulfone groups is 1. The van der Waals surface area contributed by atoms with Gasteiger partial charge in [0.05, 0.1) is 15.7 Å². The summed E-state index contributed by atoms with van der Waals surface area (Å²) < 4.78 is 62.1. The smallest absolute Gasteiger partial charge is 0.303 e. The first-order valence-electron chi connectivity index (χ1n) is 5.15. The quantitative estimate of drug-likeness (QED) is 0.777. The molecule has 0 aromatic heterocycles. The molecule has 0 saturated heterocycles. The van der Waals surface area contributed by atoms with Crippen LogP contribution in [0.15, 0.2) is 23.1 Å². The Labute approximate surface area is 102 Å². The molecule has 0 bridgehead atoms. The molecule has 2 rings (SSSR count). The Morgan fingerprint density at radius 2 is 2.00 bits per heavy atom. The maximum atomic E-state index is 12.7.